The number of para-hydroxylation sites is 2. The Kier molecular flexibility index (Phi) is 3.47. The maximum Gasteiger partial charge on any atom is 0.0576 e. The monoisotopic (exact) mass is 232 g/mol. The largest absolute Gasteiger partial charge is 0.397 e. The van der Waals surface area contributed by atoms with E-state index in [9.17, 15) is 0 Å². The van der Waals surface area contributed by atoms with Crippen molar-refractivity contribution in [1.29, 1.82) is 0 Å². The molecule has 0 aliphatic heterocycles. The summed E-state index contributed by atoms with van der Waals surface area (Å²) in [7, 11) is 0. The van der Waals surface area contributed by atoms with Gasteiger partial charge in [0.15, 0.2) is 0 Å². The first-order valence-corrected chi connectivity index (χ1v) is 6.33. The number of benzene rings is 1. The van der Waals surface area contributed by atoms with Crippen LogP contribution < -0.4 is 11.1 Å². The summed E-state index contributed by atoms with van der Waals surface area (Å²) in [5.41, 5.74) is 9.11. The molecular formula is C13H16N2S. The molecule has 0 aliphatic carbocycles. The highest BCUT2D eigenvalue weighted by Crippen LogP contribution is 2.21. The molecule has 0 radical (unpaired) electrons. The summed E-state index contributed by atoms with van der Waals surface area (Å²) >= 11 is 1.80. The van der Waals surface area contributed by atoms with E-state index >= 15 is 0 Å². The maximum atomic E-state index is 5.87. The Balaban J connectivity index is 2.05. The number of nitrogens with one attached hydrogen (secondary N) is 1. The van der Waals surface area contributed by atoms with Crippen molar-refractivity contribution in [2.45, 2.75) is 19.9 Å². The topological polar surface area (TPSA) is 38.0 Å². The first-order chi connectivity index (χ1) is 7.81. The summed E-state index contributed by atoms with van der Waals surface area (Å²) in [6, 6.07) is 10.1. The van der Waals surface area contributed by atoms with E-state index in [1.807, 2.05) is 24.3 Å². The Labute approximate surface area is 100 Å². The number of thiophene rings is 1. The Morgan fingerprint density at radius 1 is 1.25 bits per heavy atom. The first-order valence-electron chi connectivity index (χ1n) is 5.45. The highest BCUT2D eigenvalue weighted by atomic mass is 32.1. The lowest BCUT2D eigenvalue weighted by atomic mass is 10.2. The number of aryl methyl sites for hydroxylation is 1. The highest BCUT2D eigenvalue weighted by Gasteiger charge is 2.03. The second-order valence-corrected chi connectivity index (χ2v) is 4.66. The number of hydrogen-bond donors (Lipinski definition) is 2. The SMILES string of the molecule is CCc1ccsc1CNc1ccccc1N. The van der Waals surface area contributed by atoms with Crippen LogP contribution in [0.1, 0.15) is 17.4 Å². The zero-order chi connectivity index (χ0) is 11.4. The van der Waals surface area contributed by atoms with Gasteiger partial charge in [0.1, 0.15) is 0 Å². The first kappa shape index (κ1) is 11.0. The molecule has 16 heavy (non-hydrogen) atoms. The van der Waals surface area contributed by atoms with Crippen LogP contribution >= 0.6 is 11.3 Å². The van der Waals surface area contributed by atoms with Crippen molar-refractivity contribution in [2.24, 2.45) is 0 Å². The number of nitrogen functional groups attached to an aromatic ring is 1. The smallest absolute Gasteiger partial charge is 0.0576 e. The van der Waals surface area contributed by atoms with Crippen molar-refractivity contribution in [3.63, 3.8) is 0 Å². The predicted octanol–water partition coefficient (Wildman–Crippen LogP) is 3.50. The minimum absolute atomic E-state index is 0.803. The van der Waals surface area contributed by atoms with Crippen LogP contribution in [0.3, 0.4) is 0 Å². The lowest BCUT2D eigenvalue weighted by Crippen LogP contribution is -2.02. The normalized spacial score (nSPS) is 10.3. The zero-order valence-corrected chi connectivity index (χ0v) is 10.2. The van der Waals surface area contributed by atoms with Gasteiger partial charge in [0.25, 0.3) is 0 Å². The fraction of sp³-hybridized carbons (Fsp3) is 0.231. The highest BCUT2D eigenvalue weighted by molar-refractivity contribution is 7.10. The van der Waals surface area contributed by atoms with Gasteiger partial charge in [0.05, 0.1) is 11.4 Å². The van der Waals surface area contributed by atoms with E-state index in [0.717, 1.165) is 24.3 Å². The summed E-state index contributed by atoms with van der Waals surface area (Å²) in [6.07, 6.45) is 1.09. The second-order valence-electron chi connectivity index (χ2n) is 3.66. The van der Waals surface area contributed by atoms with Gasteiger partial charge >= 0.3 is 0 Å². The van der Waals surface area contributed by atoms with E-state index in [1.165, 1.54) is 10.4 Å². The van der Waals surface area contributed by atoms with Crippen LogP contribution in [0.2, 0.25) is 0 Å². The molecule has 1 heterocycles. The molecular weight excluding hydrogens is 216 g/mol. The average Bonchev–Trinajstić information content (AvgIpc) is 2.75. The quantitative estimate of drug-likeness (QED) is 0.792. The fourth-order valence-electron chi connectivity index (χ4n) is 1.67. The molecule has 3 N–H and O–H groups in total. The zero-order valence-electron chi connectivity index (χ0n) is 9.36. The molecule has 0 amide bonds. The van der Waals surface area contributed by atoms with Gasteiger partial charge in [0, 0.05) is 11.4 Å². The Morgan fingerprint density at radius 3 is 2.81 bits per heavy atom. The number of nitrogens with two attached hydrogens (primary N) is 1. The van der Waals surface area contributed by atoms with E-state index in [0.29, 0.717) is 0 Å². The fourth-order valence-corrected chi connectivity index (χ4v) is 2.59. The lowest BCUT2D eigenvalue weighted by molar-refractivity contribution is 1.08. The molecule has 0 bridgehead atoms. The summed E-state index contributed by atoms with van der Waals surface area (Å²) in [5, 5.41) is 5.52. The van der Waals surface area contributed by atoms with Crippen LogP contribution in [-0.4, -0.2) is 0 Å². The van der Waals surface area contributed by atoms with Crippen LogP contribution in [0.5, 0.6) is 0 Å². The Morgan fingerprint density at radius 2 is 2.06 bits per heavy atom. The van der Waals surface area contributed by atoms with Crippen LogP contribution in [0.25, 0.3) is 0 Å². The minimum atomic E-state index is 0.803. The molecule has 0 spiro atoms. The van der Waals surface area contributed by atoms with Gasteiger partial charge in [-0.2, -0.15) is 0 Å². The minimum Gasteiger partial charge on any atom is -0.397 e. The molecule has 0 atom stereocenters. The predicted molar refractivity (Wildman–Crippen MR) is 71.9 cm³/mol. The van der Waals surface area contributed by atoms with Gasteiger partial charge in [-0.3, -0.25) is 0 Å². The second kappa shape index (κ2) is 5.03. The van der Waals surface area contributed by atoms with Gasteiger partial charge in [-0.25, -0.2) is 0 Å². The molecule has 2 nitrogen and oxygen atoms in total. The third-order valence-electron chi connectivity index (χ3n) is 2.62. The van der Waals surface area contributed by atoms with E-state index in [1.54, 1.807) is 11.3 Å². The van der Waals surface area contributed by atoms with Crippen molar-refractivity contribution in [3.05, 3.63) is 46.2 Å². The van der Waals surface area contributed by atoms with Crippen LogP contribution in [0, 0.1) is 0 Å². The third-order valence-corrected chi connectivity index (χ3v) is 3.58. The Bertz CT molecular complexity index is 462. The molecule has 0 aliphatic rings. The Hall–Kier alpha value is -1.48. The lowest BCUT2D eigenvalue weighted by Gasteiger charge is -2.08. The van der Waals surface area contributed by atoms with Crippen molar-refractivity contribution >= 4 is 22.7 Å². The third kappa shape index (κ3) is 2.36. The molecule has 0 saturated carbocycles. The molecule has 1 aromatic carbocycles. The van der Waals surface area contributed by atoms with Crippen molar-refractivity contribution in [3.8, 4) is 0 Å². The average molecular weight is 232 g/mol. The molecule has 2 aromatic rings. The molecule has 2 rings (SSSR count). The number of anilines is 2. The molecule has 0 fully saturated rings. The molecule has 0 unspecified atom stereocenters. The molecule has 84 valence electrons. The van der Waals surface area contributed by atoms with Gasteiger partial charge in [0.2, 0.25) is 0 Å². The van der Waals surface area contributed by atoms with E-state index in [-0.39, 0.29) is 0 Å². The summed E-state index contributed by atoms with van der Waals surface area (Å²) in [5.74, 6) is 0. The van der Waals surface area contributed by atoms with E-state index in [2.05, 4.69) is 23.7 Å². The van der Waals surface area contributed by atoms with Crippen molar-refractivity contribution in [2.75, 3.05) is 11.1 Å². The van der Waals surface area contributed by atoms with Crippen LogP contribution in [0.15, 0.2) is 35.7 Å². The molecule has 1 aromatic heterocycles. The number of hydrogen-bond acceptors (Lipinski definition) is 3. The van der Waals surface area contributed by atoms with Crippen LogP contribution in [0.4, 0.5) is 11.4 Å². The van der Waals surface area contributed by atoms with E-state index < -0.39 is 0 Å². The molecule has 3 heteroatoms. The summed E-state index contributed by atoms with van der Waals surface area (Å²) in [4.78, 5) is 1.39. The summed E-state index contributed by atoms with van der Waals surface area (Å²) in [6.45, 7) is 3.04. The maximum absolute atomic E-state index is 5.87. The molecule has 0 saturated heterocycles. The van der Waals surface area contributed by atoms with Gasteiger partial charge in [-0.05, 0) is 35.6 Å². The van der Waals surface area contributed by atoms with Gasteiger partial charge in [-0.15, -0.1) is 11.3 Å². The standard InChI is InChI=1S/C13H16N2S/c1-2-10-7-8-16-13(10)9-15-12-6-4-3-5-11(12)14/h3-8,15H,2,9,14H2,1H3. The van der Waals surface area contributed by atoms with E-state index in [4.69, 9.17) is 5.73 Å². The van der Waals surface area contributed by atoms with Crippen molar-refractivity contribution < 1.29 is 0 Å². The van der Waals surface area contributed by atoms with Crippen molar-refractivity contribution in [1.82, 2.24) is 0 Å². The summed E-state index contributed by atoms with van der Waals surface area (Å²) < 4.78 is 0. The van der Waals surface area contributed by atoms with Gasteiger partial charge < -0.3 is 11.1 Å². The number of rotatable bonds is 4. The van der Waals surface area contributed by atoms with Gasteiger partial charge in [-0.1, -0.05) is 19.1 Å². The van der Waals surface area contributed by atoms with Crippen LogP contribution in [-0.2, 0) is 13.0 Å².